The zero-order chi connectivity index (χ0) is 15.3. The second kappa shape index (κ2) is 6.80. The minimum atomic E-state index is -3.50. The molecule has 0 radical (unpaired) electrons. The van der Waals surface area contributed by atoms with Crippen molar-refractivity contribution in [2.45, 2.75) is 17.9 Å². The van der Waals surface area contributed by atoms with Gasteiger partial charge in [0, 0.05) is 26.3 Å². The van der Waals surface area contributed by atoms with Gasteiger partial charge in [-0.15, -0.1) is 0 Å². The van der Waals surface area contributed by atoms with Gasteiger partial charge >= 0.3 is 0 Å². The van der Waals surface area contributed by atoms with Gasteiger partial charge in [0.05, 0.1) is 5.69 Å². The molecule has 0 bridgehead atoms. The Hall–Kier alpha value is -1.76. The molecule has 0 fully saturated rings. The van der Waals surface area contributed by atoms with Gasteiger partial charge in [-0.3, -0.25) is 4.98 Å². The van der Waals surface area contributed by atoms with Gasteiger partial charge in [0.25, 0.3) is 0 Å². The van der Waals surface area contributed by atoms with Gasteiger partial charge in [-0.25, -0.2) is 12.7 Å². The predicted octanol–water partition coefficient (Wildman–Crippen LogP) is 1.40. The number of aromatic nitrogens is 1. The molecule has 0 aliphatic carbocycles. The van der Waals surface area contributed by atoms with Crippen LogP contribution >= 0.6 is 0 Å². The lowest BCUT2D eigenvalue weighted by molar-refractivity contribution is 0.472. The van der Waals surface area contributed by atoms with Crippen LogP contribution in [0.15, 0.2) is 53.6 Å². The Morgan fingerprint density at radius 3 is 2.43 bits per heavy atom. The van der Waals surface area contributed by atoms with Crippen molar-refractivity contribution >= 4 is 10.0 Å². The topological polar surface area (TPSA) is 76.3 Å². The first kappa shape index (κ1) is 15.6. The van der Waals surface area contributed by atoms with Crippen LogP contribution in [0, 0.1) is 0 Å². The molecule has 0 saturated carbocycles. The molecular weight excluding hydrogens is 286 g/mol. The lowest BCUT2D eigenvalue weighted by Crippen LogP contribution is -2.29. The maximum Gasteiger partial charge on any atom is 0.244 e. The molecule has 0 amide bonds. The first-order valence-corrected chi connectivity index (χ1v) is 8.13. The Labute approximate surface area is 125 Å². The van der Waals surface area contributed by atoms with Gasteiger partial charge in [-0.1, -0.05) is 30.3 Å². The summed E-state index contributed by atoms with van der Waals surface area (Å²) in [5.41, 5.74) is 7.23. The van der Waals surface area contributed by atoms with Crippen molar-refractivity contribution < 1.29 is 8.42 Å². The number of nitrogens with zero attached hydrogens (tertiary/aromatic N) is 2. The minimum Gasteiger partial charge on any atom is -0.325 e. The van der Waals surface area contributed by atoms with E-state index >= 15 is 0 Å². The highest BCUT2D eigenvalue weighted by atomic mass is 32.2. The highest BCUT2D eigenvalue weighted by Gasteiger charge is 2.20. The van der Waals surface area contributed by atoms with Gasteiger partial charge in [-0.2, -0.15) is 0 Å². The number of benzene rings is 1. The molecule has 0 atom stereocenters. The van der Waals surface area contributed by atoms with Crippen LogP contribution in [0.4, 0.5) is 0 Å². The van der Waals surface area contributed by atoms with E-state index in [1.165, 1.54) is 10.5 Å². The molecule has 1 aromatic heterocycles. The molecule has 5 nitrogen and oxygen atoms in total. The predicted molar refractivity (Wildman–Crippen MR) is 82.1 cm³/mol. The number of hydrogen-bond acceptors (Lipinski definition) is 4. The van der Waals surface area contributed by atoms with Crippen LogP contribution in [0.5, 0.6) is 0 Å². The number of rotatable bonds is 6. The summed E-state index contributed by atoms with van der Waals surface area (Å²) >= 11 is 0. The second-order valence-corrected chi connectivity index (χ2v) is 6.80. The summed E-state index contributed by atoms with van der Waals surface area (Å²) in [5, 5.41) is 0. The van der Waals surface area contributed by atoms with Gasteiger partial charge in [0.2, 0.25) is 10.0 Å². The van der Waals surface area contributed by atoms with Crippen LogP contribution in [0.2, 0.25) is 0 Å². The fourth-order valence-corrected chi connectivity index (χ4v) is 3.03. The Morgan fingerprint density at radius 2 is 1.86 bits per heavy atom. The van der Waals surface area contributed by atoms with Crippen LogP contribution in [0.25, 0.3) is 0 Å². The van der Waals surface area contributed by atoms with Crippen molar-refractivity contribution in [3.63, 3.8) is 0 Å². The fourth-order valence-electron chi connectivity index (χ4n) is 1.92. The van der Waals surface area contributed by atoms with Crippen LogP contribution in [0.1, 0.15) is 11.3 Å². The van der Waals surface area contributed by atoms with E-state index in [1.807, 2.05) is 30.3 Å². The van der Waals surface area contributed by atoms with Crippen molar-refractivity contribution in [2.75, 3.05) is 13.6 Å². The van der Waals surface area contributed by atoms with E-state index in [1.54, 1.807) is 19.2 Å². The number of pyridine rings is 1. The van der Waals surface area contributed by atoms with Gasteiger partial charge in [0.15, 0.2) is 0 Å². The van der Waals surface area contributed by atoms with E-state index in [2.05, 4.69) is 4.98 Å². The highest BCUT2D eigenvalue weighted by molar-refractivity contribution is 7.89. The van der Waals surface area contributed by atoms with Crippen LogP contribution in [0.3, 0.4) is 0 Å². The van der Waals surface area contributed by atoms with Crippen molar-refractivity contribution in [2.24, 2.45) is 5.73 Å². The quantitative estimate of drug-likeness (QED) is 0.875. The first-order chi connectivity index (χ1) is 10.0. The molecule has 2 rings (SSSR count). The molecule has 0 unspecified atom stereocenters. The number of sulfonamides is 1. The van der Waals surface area contributed by atoms with Crippen molar-refractivity contribution in [1.82, 2.24) is 9.29 Å². The molecule has 112 valence electrons. The second-order valence-electron chi connectivity index (χ2n) is 4.75. The number of nitrogens with two attached hydrogens (primary N) is 1. The zero-order valence-electron chi connectivity index (χ0n) is 11.9. The molecule has 2 aromatic rings. The summed E-state index contributed by atoms with van der Waals surface area (Å²) in [6, 6.07) is 13.0. The SMILES string of the molecule is CN(CCc1ccccc1)S(=O)(=O)c1ccc(CN)nc1. The van der Waals surface area contributed by atoms with Crippen LogP contribution in [-0.2, 0) is 23.0 Å². The molecule has 1 aromatic carbocycles. The van der Waals surface area contributed by atoms with E-state index in [4.69, 9.17) is 5.73 Å². The molecule has 0 aliphatic heterocycles. The maximum atomic E-state index is 12.4. The largest absolute Gasteiger partial charge is 0.325 e. The first-order valence-electron chi connectivity index (χ1n) is 6.69. The average molecular weight is 305 g/mol. The van der Waals surface area contributed by atoms with Crippen molar-refractivity contribution in [3.05, 3.63) is 59.9 Å². The van der Waals surface area contributed by atoms with Gasteiger partial charge in [-0.05, 0) is 24.1 Å². The van der Waals surface area contributed by atoms with Crippen LogP contribution < -0.4 is 5.73 Å². The molecule has 6 heteroatoms. The Balaban J connectivity index is 2.07. The summed E-state index contributed by atoms with van der Waals surface area (Å²) in [6.45, 7) is 0.717. The smallest absolute Gasteiger partial charge is 0.244 e. The Morgan fingerprint density at radius 1 is 1.14 bits per heavy atom. The zero-order valence-corrected chi connectivity index (χ0v) is 12.8. The third-order valence-electron chi connectivity index (χ3n) is 3.27. The lowest BCUT2D eigenvalue weighted by Gasteiger charge is -2.17. The van der Waals surface area contributed by atoms with E-state index in [9.17, 15) is 8.42 Å². The van der Waals surface area contributed by atoms with Gasteiger partial charge < -0.3 is 5.73 Å². The Kier molecular flexibility index (Phi) is 5.06. The summed E-state index contributed by atoms with van der Waals surface area (Å²) in [7, 11) is -1.93. The van der Waals surface area contributed by atoms with E-state index in [-0.39, 0.29) is 4.90 Å². The van der Waals surface area contributed by atoms with Gasteiger partial charge in [0.1, 0.15) is 4.90 Å². The molecule has 0 saturated heterocycles. The lowest BCUT2D eigenvalue weighted by atomic mass is 10.2. The summed E-state index contributed by atoms with van der Waals surface area (Å²) < 4.78 is 26.2. The Bertz CT molecular complexity index is 670. The standard InChI is InChI=1S/C15H19N3O2S/c1-18(10-9-13-5-3-2-4-6-13)21(19,20)15-8-7-14(11-16)17-12-15/h2-8,12H,9-11,16H2,1H3. The number of hydrogen-bond donors (Lipinski definition) is 1. The third kappa shape index (κ3) is 3.87. The average Bonchev–Trinajstić information content (AvgIpc) is 2.53. The molecule has 2 N–H and O–H groups in total. The van der Waals surface area contributed by atoms with Crippen molar-refractivity contribution in [1.29, 1.82) is 0 Å². The number of likely N-dealkylation sites (N-methyl/N-ethyl adjacent to an activating group) is 1. The summed E-state index contributed by atoms with van der Waals surface area (Å²) in [4.78, 5) is 4.22. The molecular formula is C15H19N3O2S. The molecule has 0 spiro atoms. The fraction of sp³-hybridized carbons (Fsp3) is 0.267. The third-order valence-corrected chi connectivity index (χ3v) is 5.11. The summed E-state index contributed by atoms with van der Waals surface area (Å²) in [6.07, 6.45) is 2.03. The van der Waals surface area contributed by atoms with Crippen molar-refractivity contribution in [3.8, 4) is 0 Å². The molecule has 1 heterocycles. The summed E-state index contributed by atoms with van der Waals surface area (Å²) in [5.74, 6) is 0. The van der Waals surface area contributed by atoms with E-state index in [0.29, 0.717) is 25.2 Å². The van der Waals surface area contributed by atoms with E-state index < -0.39 is 10.0 Å². The van der Waals surface area contributed by atoms with E-state index in [0.717, 1.165) is 5.56 Å². The highest BCUT2D eigenvalue weighted by Crippen LogP contribution is 2.14. The monoisotopic (exact) mass is 305 g/mol. The van der Waals surface area contributed by atoms with Crippen LogP contribution in [-0.4, -0.2) is 31.3 Å². The minimum absolute atomic E-state index is 0.190. The molecule has 0 aliphatic rings. The maximum absolute atomic E-state index is 12.4. The molecule has 21 heavy (non-hydrogen) atoms. The normalized spacial score (nSPS) is 11.8.